The lowest BCUT2D eigenvalue weighted by Gasteiger charge is -2.21. The summed E-state index contributed by atoms with van der Waals surface area (Å²) in [5.74, 6) is 0.731. The van der Waals surface area contributed by atoms with E-state index in [4.69, 9.17) is 39.5 Å². The minimum absolute atomic E-state index is 0.0620. The summed E-state index contributed by atoms with van der Waals surface area (Å²) < 4.78 is 7.12. The highest BCUT2D eigenvalue weighted by Crippen LogP contribution is 2.29. The molecule has 0 aliphatic carbocycles. The fourth-order valence-electron chi connectivity index (χ4n) is 3.67. The molecule has 0 radical (unpaired) electrons. The van der Waals surface area contributed by atoms with Gasteiger partial charge in [-0.2, -0.15) is 0 Å². The van der Waals surface area contributed by atoms with Crippen molar-refractivity contribution in [2.75, 3.05) is 18.2 Å². The molecule has 1 atom stereocenters. The van der Waals surface area contributed by atoms with Crippen molar-refractivity contribution in [3.63, 3.8) is 0 Å². The monoisotopic (exact) mass is 595 g/mol. The van der Waals surface area contributed by atoms with Crippen LogP contribution in [0.1, 0.15) is 42.5 Å². The van der Waals surface area contributed by atoms with E-state index in [-0.39, 0.29) is 28.5 Å². The molecule has 0 saturated heterocycles. The highest BCUT2D eigenvalue weighted by atomic mass is 35.5. The first-order chi connectivity index (χ1) is 18.1. The van der Waals surface area contributed by atoms with Gasteiger partial charge in [0.2, 0.25) is 5.91 Å². The minimum atomic E-state index is -0.458. The highest BCUT2D eigenvalue weighted by Gasteiger charge is 2.25. The van der Waals surface area contributed by atoms with Crippen molar-refractivity contribution >= 4 is 64.1 Å². The second-order valence-corrected chi connectivity index (χ2v) is 10.9. The predicted octanol–water partition coefficient (Wildman–Crippen LogP) is 6.68. The van der Waals surface area contributed by atoms with Crippen molar-refractivity contribution < 1.29 is 14.3 Å². The van der Waals surface area contributed by atoms with Gasteiger partial charge in [0.1, 0.15) is 5.75 Å². The lowest BCUT2D eigenvalue weighted by molar-refractivity contribution is -0.113. The topological polar surface area (TPSA) is 98.1 Å². The zero-order valence-electron chi connectivity index (χ0n) is 21.1. The van der Waals surface area contributed by atoms with Gasteiger partial charge < -0.3 is 19.9 Å². The Labute approximate surface area is 241 Å². The summed E-state index contributed by atoms with van der Waals surface area (Å²) >= 11 is 19.5. The number of carbonyl (C=O) groups excluding carboxylic acids is 2. The molecule has 2 N–H and O–H groups in total. The van der Waals surface area contributed by atoms with Crippen LogP contribution in [0.3, 0.4) is 0 Å². The Morgan fingerprint density at radius 1 is 1.13 bits per heavy atom. The molecule has 0 unspecified atom stereocenters. The number of allylic oxidation sites excluding steroid dienone is 1. The van der Waals surface area contributed by atoms with Crippen LogP contribution in [-0.2, 0) is 11.3 Å². The molecular weight excluding hydrogens is 569 g/mol. The Morgan fingerprint density at radius 2 is 1.84 bits per heavy atom. The van der Waals surface area contributed by atoms with Gasteiger partial charge in [0.15, 0.2) is 11.0 Å². The fraction of sp³-hybridized carbons (Fsp3) is 0.308. The van der Waals surface area contributed by atoms with E-state index in [1.807, 2.05) is 18.4 Å². The molecule has 0 fully saturated rings. The summed E-state index contributed by atoms with van der Waals surface area (Å²) in [5, 5.41) is 16.2. The van der Waals surface area contributed by atoms with Crippen LogP contribution in [0.2, 0.25) is 15.1 Å². The number of aromatic nitrogens is 3. The first kappa shape index (κ1) is 29.8. The second-order valence-electron chi connectivity index (χ2n) is 8.70. The molecule has 1 heterocycles. The van der Waals surface area contributed by atoms with Crippen LogP contribution in [0, 0.1) is 5.92 Å². The van der Waals surface area contributed by atoms with Gasteiger partial charge >= 0.3 is 0 Å². The number of halogens is 3. The number of nitrogens with zero attached hydrogens (tertiary/aromatic N) is 3. The number of benzene rings is 2. The SMILES string of the molecule is C=CCn1c(SCC(=O)Nc2cc(Cl)ccc2OC)nnc1[C@H](CC(C)C)NC(=O)c1ccc(Cl)cc1Cl. The maximum absolute atomic E-state index is 13.1. The first-order valence-corrected chi connectivity index (χ1v) is 13.8. The van der Waals surface area contributed by atoms with Crippen molar-refractivity contribution in [2.45, 2.75) is 38.0 Å². The van der Waals surface area contributed by atoms with Crippen LogP contribution in [0.25, 0.3) is 0 Å². The fourth-order valence-corrected chi connectivity index (χ4v) is 5.09. The Bertz CT molecular complexity index is 1320. The zero-order valence-corrected chi connectivity index (χ0v) is 24.2. The summed E-state index contributed by atoms with van der Waals surface area (Å²) in [4.78, 5) is 25.8. The van der Waals surface area contributed by atoms with Gasteiger partial charge in [0.05, 0.1) is 35.2 Å². The minimum Gasteiger partial charge on any atom is -0.495 e. The normalized spacial score (nSPS) is 11.8. The average molecular weight is 597 g/mol. The smallest absolute Gasteiger partial charge is 0.253 e. The molecular formula is C26H28Cl3N5O3S. The van der Waals surface area contributed by atoms with Crippen LogP contribution in [0.15, 0.2) is 54.2 Å². The van der Waals surface area contributed by atoms with Gasteiger partial charge in [-0.25, -0.2) is 0 Å². The number of nitrogens with one attached hydrogen (secondary N) is 2. The van der Waals surface area contributed by atoms with Gasteiger partial charge in [-0.05, 0) is 48.7 Å². The number of anilines is 1. The third-order valence-electron chi connectivity index (χ3n) is 5.32. The first-order valence-electron chi connectivity index (χ1n) is 11.7. The Hall–Kier alpha value is -2.72. The molecule has 0 bridgehead atoms. The molecule has 8 nitrogen and oxygen atoms in total. The van der Waals surface area contributed by atoms with E-state index in [2.05, 4.69) is 27.4 Å². The van der Waals surface area contributed by atoms with Crippen molar-refractivity contribution in [3.8, 4) is 5.75 Å². The maximum Gasteiger partial charge on any atom is 0.253 e. The molecule has 0 saturated carbocycles. The van der Waals surface area contributed by atoms with Crippen LogP contribution in [0.4, 0.5) is 5.69 Å². The number of hydrogen-bond acceptors (Lipinski definition) is 6. The van der Waals surface area contributed by atoms with E-state index < -0.39 is 6.04 Å². The Balaban J connectivity index is 1.80. The quantitative estimate of drug-likeness (QED) is 0.179. The molecule has 0 aliphatic heterocycles. The second kappa shape index (κ2) is 13.9. The third kappa shape index (κ3) is 7.89. The van der Waals surface area contributed by atoms with Gasteiger partial charge in [-0.15, -0.1) is 16.8 Å². The Morgan fingerprint density at radius 3 is 2.50 bits per heavy atom. The molecule has 3 rings (SSSR count). The molecule has 12 heteroatoms. The van der Waals surface area contributed by atoms with Gasteiger partial charge in [0.25, 0.3) is 5.91 Å². The summed E-state index contributed by atoms with van der Waals surface area (Å²) in [6.07, 6.45) is 2.31. The van der Waals surface area contributed by atoms with Crippen LogP contribution >= 0.6 is 46.6 Å². The number of thioether (sulfide) groups is 1. The molecule has 202 valence electrons. The number of ether oxygens (including phenoxy) is 1. The van der Waals surface area contributed by atoms with Crippen LogP contribution in [-0.4, -0.2) is 39.4 Å². The molecule has 0 aliphatic rings. The van der Waals surface area contributed by atoms with Crippen molar-refractivity contribution in [1.82, 2.24) is 20.1 Å². The molecule has 0 spiro atoms. The van der Waals surface area contributed by atoms with E-state index >= 15 is 0 Å². The predicted molar refractivity (Wildman–Crippen MR) is 154 cm³/mol. The van der Waals surface area contributed by atoms with Crippen LogP contribution in [0.5, 0.6) is 5.75 Å². The molecule has 3 aromatic rings. The van der Waals surface area contributed by atoms with Crippen molar-refractivity contribution in [1.29, 1.82) is 0 Å². The number of methoxy groups -OCH3 is 1. The number of carbonyl (C=O) groups is 2. The number of hydrogen-bond donors (Lipinski definition) is 2. The maximum atomic E-state index is 13.1. The molecule has 38 heavy (non-hydrogen) atoms. The average Bonchev–Trinajstić information content (AvgIpc) is 3.25. The van der Waals surface area contributed by atoms with E-state index in [0.717, 1.165) is 0 Å². The summed E-state index contributed by atoms with van der Waals surface area (Å²) in [6, 6.07) is 9.23. The lowest BCUT2D eigenvalue weighted by Crippen LogP contribution is -2.32. The highest BCUT2D eigenvalue weighted by molar-refractivity contribution is 7.99. The van der Waals surface area contributed by atoms with E-state index in [9.17, 15) is 9.59 Å². The standard InChI is InChI=1S/C26H28Cl3N5O3S/c1-5-10-34-24(21(11-15(2)3)31-25(36)18-8-6-16(27)12-19(18)29)32-33-26(34)38-14-23(35)30-20-13-17(28)7-9-22(20)37-4/h5-9,12-13,15,21H,1,10-11,14H2,2-4H3,(H,30,35)(H,31,36)/t21-/m0/s1. The number of rotatable bonds is 12. The summed E-state index contributed by atoms with van der Waals surface area (Å²) in [7, 11) is 1.51. The van der Waals surface area contributed by atoms with E-state index in [1.165, 1.54) is 24.9 Å². The summed E-state index contributed by atoms with van der Waals surface area (Å²) in [5.41, 5.74) is 0.779. The van der Waals surface area contributed by atoms with Crippen molar-refractivity contribution in [2.24, 2.45) is 5.92 Å². The van der Waals surface area contributed by atoms with Gasteiger partial charge in [-0.3, -0.25) is 9.59 Å². The molecule has 2 amide bonds. The van der Waals surface area contributed by atoms with Gasteiger partial charge in [-0.1, -0.05) is 66.5 Å². The Kier molecular flexibility index (Phi) is 10.9. The lowest BCUT2D eigenvalue weighted by atomic mass is 10.0. The third-order valence-corrected chi connectivity index (χ3v) is 7.07. The number of amides is 2. The van der Waals surface area contributed by atoms with Crippen molar-refractivity contribution in [3.05, 3.63) is 75.5 Å². The molecule has 2 aromatic carbocycles. The van der Waals surface area contributed by atoms with Crippen LogP contribution < -0.4 is 15.4 Å². The van der Waals surface area contributed by atoms with Gasteiger partial charge in [0, 0.05) is 16.6 Å². The zero-order chi connectivity index (χ0) is 27.8. The molecule has 1 aromatic heterocycles. The van der Waals surface area contributed by atoms with E-state index in [1.54, 1.807) is 36.4 Å². The van der Waals surface area contributed by atoms with E-state index in [0.29, 0.717) is 51.0 Å². The summed E-state index contributed by atoms with van der Waals surface area (Å²) in [6.45, 7) is 8.32. The largest absolute Gasteiger partial charge is 0.495 e.